The van der Waals surface area contributed by atoms with Crippen LogP contribution in [0, 0.1) is 5.92 Å². The fourth-order valence-corrected chi connectivity index (χ4v) is 4.53. The Morgan fingerprint density at radius 3 is 2.74 bits per heavy atom. The van der Waals surface area contributed by atoms with Gasteiger partial charge in [-0.05, 0) is 55.3 Å². The van der Waals surface area contributed by atoms with Crippen LogP contribution in [0.25, 0.3) is 0 Å². The number of benzene rings is 2. The van der Waals surface area contributed by atoms with Crippen molar-refractivity contribution in [2.24, 2.45) is 11.7 Å². The summed E-state index contributed by atoms with van der Waals surface area (Å²) in [5.74, 6) is -1.01. The number of anilines is 2. The van der Waals surface area contributed by atoms with E-state index in [1.165, 1.54) is 0 Å². The van der Waals surface area contributed by atoms with E-state index in [2.05, 4.69) is 10.2 Å². The van der Waals surface area contributed by atoms with Crippen molar-refractivity contribution < 1.29 is 14.4 Å². The summed E-state index contributed by atoms with van der Waals surface area (Å²) in [4.78, 5) is 40.6. The van der Waals surface area contributed by atoms with Crippen LogP contribution >= 0.6 is 11.6 Å². The number of amides is 3. The van der Waals surface area contributed by atoms with Crippen LogP contribution in [0.2, 0.25) is 5.02 Å². The van der Waals surface area contributed by atoms with Gasteiger partial charge in [-0.2, -0.15) is 0 Å². The van der Waals surface area contributed by atoms with E-state index in [0.717, 1.165) is 24.9 Å². The average Bonchev–Trinajstić information content (AvgIpc) is 3.35. The lowest BCUT2D eigenvalue weighted by Crippen LogP contribution is -2.39. The van der Waals surface area contributed by atoms with Gasteiger partial charge in [0, 0.05) is 35.9 Å². The molecule has 2 aliphatic heterocycles. The Labute approximate surface area is 186 Å². The molecule has 0 aromatic heterocycles. The van der Waals surface area contributed by atoms with E-state index in [4.69, 9.17) is 17.3 Å². The first-order chi connectivity index (χ1) is 14.9. The van der Waals surface area contributed by atoms with Crippen LogP contribution in [0.4, 0.5) is 11.4 Å². The molecule has 31 heavy (non-hydrogen) atoms. The maximum Gasteiger partial charge on any atom is 0.234 e. The largest absolute Gasteiger partial charge is 0.368 e. The molecule has 3 N–H and O–H groups in total. The number of carbonyl (C=O) groups excluding carboxylic acids is 3. The number of primary amides is 1. The van der Waals surface area contributed by atoms with Crippen LogP contribution < -0.4 is 16.0 Å². The van der Waals surface area contributed by atoms with Crippen LogP contribution in [0.15, 0.2) is 48.5 Å². The van der Waals surface area contributed by atoms with Gasteiger partial charge in [-0.3, -0.25) is 19.3 Å². The highest BCUT2D eigenvalue weighted by Crippen LogP contribution is 2.28. The molecular weight excluding hydrogens is 416 g/mol. The number of nitrogens with zero attached hydrogens (tertiary/aromatic N) is 2. The molecule has 8 heteroatoms. The smallest absolute Gasteiger partial charge is 0.234 e. The highest BCUT2D eigenvalue weighted by Gasteiger charge is 2.35. The molecule has 3 amide bonds. The second-order valence-electron chi connectivity index (χ2n) is 8.11. The van der Waals surface area contributed by atoms with Crippen LogP contribution in [-0.2, 0) is 20.9 Å². The van der Waals surface area contributed by atoms with Gasteiger partial charge >= 0.3 is 0 Å². The number of carbonyl (C=O) groups is 3. The normalized spacial score (nSPS) is 21.5. The molecule has 2 fully saturated rings. The standard InChI is InChI=1S/C23H25ClN4O3/c24-17-5-2-7-19(12-17)28-14-16(11-21(28)29)23(31)26-18-6-1-4-15(10-18)13-27-9-3-8-20(27)22(25)30/h1-2,4-7,10,12,16,20H,3,8-9,11,13-14H2,(H2,25,30)(H,26,31). The van der Waals surface area contributed by atoms with Gasteiger partial charge < -0.3 is 16.0 Å². The molecule has 0 aliphatic carbocycles. The van der Waals surface area contributed by atoms with Crippen molar-refractivity contribution in [2.45, 2.75) is 31.8 Å². The summed E-state index contributed by atoms with van der Waals surface area (Å²) in [6.45, 7) is 1.74. The summed E-state index contributed by atoms with van der Waals surface area (Å²) in [6.07, 6.45) is 1.89. The molecule has 2 saturated heterocycles. The fraction of sp³-hybridized carbons (Fsp3) is 0.348. The van der Waals surface area contributed by atoms with Crippen molar-refractivity contribution in [3.8, 4) is 0 Å². The molecule has 2 aliphatic rings. The maximum atomic E-state index is 12.8. The third kappa shape index (κ3) is 4.89. The lowest BCUT2D eigenvalue weighted by Gasteiger charge is -2.22. The third-order valence-corrected chi connectivity index (χ3v) is 6.12. The molecule has 2 unspecified atom stereocenters. The van der Waals surface area contributed by atoms with Crippen molar-refractivity contribution in [1.82, 2.24) is 4.90 Å². The third-order valence-electron chi connectivity index (χ3n) is 5.89. The molecule has 0 radical (unpaired) electrons. The Bertz CT molecular complexity index is 1010. The molecule has 162 valence electrons. The van der Waals surface area contributed by atoms with Crippen LogP contribution in [-0.4, -0.2) is 41.8 Å². The molecule has 0 bridgehead atoms. The molecule has 2 atom stereocenters. The molecule has 0 spiro atoms. The van der Waals surface area contributed by atoms with Crippen LogP contribution in [0.3, 0.4) is 0 Å². The Kier molecular flexibility index (Phi) is 6.25. The molecule has 2 heterocycles. The predicted molar refractivity (Wildman–Crippen MR) is 120 cm³/mol. The van der Waals surface area contributed by atoms with Crippen molar-refractivity contribution in [2.75, 3.05) is 23.3 Å². The van der Waals surface area contributed by atoms with Gasteiger partial charge in [0.05, 0.1) is 12.0 Å². The number of nitrogens with one attached hydrogen (secondary N) is 1. The summed E-state index contributed by atoms with van der Waals surface area (Å²) in [7, 11) is 0. The van der Waals surface area contributed by atoms with Gasteiger partial charge in [-0.15, -0.1) is 0 Å². The zero-order chi connectivity index (χ0) is 22.0. The molecule has 7 nitrogen and oxygen atoms in total. The monoisotopic (exact) mass is 440 g/mol. The zero-order valence-corrected chi connectivity index (χ0v) is 17.8. The molecule has 0 saturated carbocycles. The van der Waals surface area contributed by atoms with Crippen molar-refractivity contribution in [3.63, 3.8) is 0 Å². The zero-order valence-electron chi connectivity index (χ0n) is 17.1. The number of hydrogen-bond donors (Lipinski definition) is 2. The fourth-order valence-electron chi connectivity index (χ4n) is 4.34. The number of hydrogen-bond acceptors (Lipinski definition) is 4. The van der Waals surface area contributed by atoms with Crippen LogP contribution in [0.1, 0.15) is 24.8 Å². The first-order valence-corrected chi connectivity index (χ1v) is 10.8. The molecular formula is C23H25ClN4O3. The van der Waals surface area contributed by atoms with Gasteiger partial charge in [-0.1, -0.05) is 29.8 Å². The van der Waals surface area contributed by atoms with Gasteiger partial charge in [0.2, 0.25) is 17.7 Å². The van der Waals surface area contributed by atoms with Gasteiger partial charge in [0.25, 0.3) is 0 Å². The molecule has 2 aromatic carbocycles. The van der Waals surface area contributed by atoms with Crippen molar-refractivity contribution in [3.05, 3.63) is 59.1 Å². The van der Waals surface area contributed by atoms with Crippen molar-refractivity contribution >= 4 is 40.7 Å². The second-order valence-corrected chi connectivity index (χ2v) is 8.54. The summed E-state index contributed by atoms with van der Waals surface area (Å²) in [6, 6.07) is 14.4. The van der Waals surface area contributed by atoms with Gasteiger partial charge in [0.1, 0.15) is 0 Å². The lowest BCUT2D eigenvalue weighted by molar-refractivity contribution is -0.122. The van der Waals surface area contributed by atoms with E-state index < -0.39 is 5.92 Å². The number of rotatable bonds is 6. The summed E-state index contributed by atoms with van der Waals surface area (Å²) < 4.78 is 0. The molecule has 2 aromatic rings. The second kappa shape index (κ2) is 9.08. The SMILES string of the molecule is NC(=O)C1CCCN1Cc1cccc(NC(=O)C2CC(=O)N(c3cccc(Cl)c3)C2)c1. The Hall–Kier alpha value is -2.90. The van der Waals surface area contributed by atoms with E-state index in [1.807, 2.05) is 30.3 Å². The minimum absolute atomic E-state index is 0.0947. The maximum absolute atomic E-state index is 12.8. The minimum atomic E-state index is -0.437. The Morgan fingerprint density at radius 1 is 1.16 bits per heavy atom. The summed E-state index contributed by atoms with van der Waals surface area (Å²) in [5, 5.41) is 3.48. The number of nitrogens with two attached hydrogens (primary N) is 1. The topological polar surface area (TPSA) is 95.7 Å². The predicted octanol–water partition coefficient (Wildman–Crippen LogP) is 2.78. The van der Waals surface area contributed by atoms with Gasteiger partial charge in [-0.25, -0.2) is 0 Å². The summed E-state index contributed by atoms with van der Waals surface area (Å²) >= 11 is 6.03. The van der Waals surface area contributed by atoms with E-state index >= 15 is 0 Å². The first-order valence-electron chi connectivity index (χ1n) is 10.4. The lowest BCUT2D eigenvalue weighted by atomic mass is 10.1. The summed E-state index contributed by atoms with van der Waals surface area (Å²) in [5.41, 5.74) is 7.87. The van der Waals surface area contributed by atoms with Gasteiger partial charge in [0.15, 0.2) is 0 Å². The highest BCUT2D eigenvalue weighted by atomic mass is 35.5. The average molecular weight is 441 g/mol. The van der Waals surface area contributed by atoms with Crippen LogP contribution in [0.5, 0.6) is 0 Å². The Morgan fingerprint density at radius 2 is 1.97 bits per heavy atom. The Balaban J connectivity index is 1.39. The van der Waals surface area contributed by atoms with E-state index in [1.54, 1.807) is 23.1 Å². The van der Waals surface area contributed by atoms with E-state index in [0.29, 0.717) is 29.5 Å². The van der Waals surface area contributed by atoms with E-state index in [-0.39, 0.29) is 30.2 Å². The number of likely N-dealkylation sites (tertiary alicyclic amines) is 1. The number of halogens is 1. The first kappa shape index (κ1) is 21.3. The minimum Gasteiger partial charge on any atom is -0.368 e. The van der Waals surface area contributed by atoms with Crippen molar-refractivity contribution in [1.29, 1.82) is 0 Å². The van der Waals surface area contributed by atoms with E-state index in [9.17, 15) is 14.4 Å². The highest BCUT2D eigenvalue weighted by molar-refractivity contribution is 6.31. The molecule has 4 rings (SSSR count). The quantitative estimate of drug-likeness (QED) is 0.721.